The zero-order valence-electron chi connectivity index (χ0n) is 19.3. The monoisotopic (exact) mass is 460 g/mol. The van der Waals surface area contributed by atoms with E-state index < -0.39 is 0 Å². The van der Waals surface area contributed by atoms with Crippen LogP contribution in [0.4, 0.5) is 5.82 Å². The van der Waals surface area contributed by atoms with Crippen molar-refractivity contribution in [3.8, 4) is 17.1 Å². The van der Waals surface area contributed by atoms with Crippen molar-refractivity contribution >= 4 is 17.4 Å². The van der Waals surface area contributed by atoms with Crippen LogP contribution in [0.2, 0.25) is 0 Å². The van der Waals surface area contributed by atoms with Gasteiger partial charge < -0.3 is 19.4 Å². The molecule has 176 valence electrons. The summed E-state index contributed by atoms with van der Waals surface area (Å²) in [5.41, 5.74) is 1.60. The highest BCUT2D eigenvalue weighted by molar-refractivity contribution is 5.79. The Hall–Kier alpha value is -3.88. The number of rotatable bonds is 7. The largest absolute Gasteiger partial charge is 0.497 e. The van der Waals surface area contributed by atoms with Crippen LogP contribution in [0.15, 0.2) is 59.2 Å². The van der Waals surface area contributed by atoms with Crippen molar-refractivity contribution in [1.82, 2.24) is 25.1 Å². The molecule has 1 aliphatic rings. The number of hydrogen-bond acceptors (Lipinski definition) is 7. The molecule has 9 nitrogen and oxygen atoms in total. The average Bonchev–Trinajstić information content (AvgIpc) is 3.53. The number of anilines is 1. The van der Waals surface area contributed by atoms with Gasteiger partial charge in [0, 0.05) is 37.0 Å². The number of nitrogens with zero attached hydrogens (tertiary/aromatic N) is 5. The SMILES string of the molecule is COc1ccc(-c2nnc3ccc(N4CCC(C(=O)N[C@H](C)Cc5ccco5)CC4)nn23)cc1. The second-order valence-corrected chi connectivity index (χ2v) is 8.67. The van der Waals surface area contributed by atoms with Crippen molar-refractivity contribution < 1.29 is 13.9 Å². The molecule has 0 spiro atoms. The molecular formula is C25H28N6O3. The summed E-state index contributed by atoms with van der Waals surface area (Å²) in [5, 5.41) is 16.5. The van der Waals surface area contributed by atoms with Gasteiger partial charge in [0.25, 0.3) is 0 Å². The zero-order chi connectivity index (χ0) is 23.5. The minimum atomic E-state index is 0.00352. The van der Waals surface area contributed by atoms with E-state index in [9.17, 15) is 4.79 Å². The molecular weight excluding hydrogens is 432 g/mol. The normalized spacial score (nSPS) is 15.4. The second-order valence-electron chi connectivity index (χ2n) is 8.67. The number of nitrogens with one attached hydrogen (secondary N) is 1. The third-order valence-corrected chi connectivity index (χ3v) is 6.26. The number of carbonyl (C=O) groups is 1. The van der Waals surface area contributed by atoms with Crippen LogP contribution in [0.1, 0.15) is 25.5 Å². The Morgan fingerprint density at radius 3 is 2.65 bits per heavy atom. The van der Waals surface area contributed by atoms with Gasteiger partial charge in [0.2, 0.25) is 5.91 Å². The molecule has 34 heavy (non-hydrogen) atoms. The fourth-order valence-corrected chi connectivity index (χ4v) is 4.38. The number of fused-ring (bicyclic) bond motifs is 1. The summed E-state index contributed by atoms with van der Waals surface area (Å²) < 4.78 is 12.4. The lowest BCUT2D eigenvalue weighted by atomic mass is 9.95. The van der Waals surface area contributed by atoms with Crippen LogP contribution in [0.5, 0.6) is 5.75 Å². The zero-order valence-corrected chi connectivity index (χ0v) is 19.3. The van der Waals surface area contributed by atoms with Crippen molar-refractivity contribution in [3.63, 3.8) is 0 Å². The Bertz CT molecular complexity index is 1240. The van der Waals surface area contributed by atoms with Crippen LogP contribution >= 0.6 is 0 Å². The molecule has 0 bridgehead atoms. The standard InChI is InChI=1S/C25H28N6O3/c1-17(16-21-4-3-15-34-21)26-25(32)19-11-13-30(14-12-19)23-10-9-22-27-28-24(31(22)29-23)18-5-7-20(33-2)8-6-18/h3-10,15,17,19H,11-14,16H2,1-2H3,(H,26,32)/t17-/m1/s1. The maximum atomic E-state index is 12.8. The van der Waals surface area contributed by atoms with Crippen molar-refractivity contribution in [2.45, 2.75) is 32.2 Å². The minimum Gasteiger partial charge on any atom is -0.497 e. The van der Waals surface area contributed by atoms with Gasteiger partial charge in [-0.15, -0.1) is 15.3 Å². The maximum absolute atomic E-state index is 12.8. The van der Waals surface area contributed by atoms with Crippen LogP contribution in [-0.4, -0.2) is 52.0 Å². The molecule has 0 radical (unpaired) electrons. The number of benzene rings is 1. The highest BCUT2D eigenvalue weighted by atomic mass is 16.5. The molecule has 1 fully saturated rings. The molecule has 1 saturated heterocycles. The Morgan fingerprint density at radius 1 is 1.15 bits per heavy atom. The van der Waals surface area contributed by atoms with E-state index in [1.807, 2.05) is 55.5 Å². The Morgan fingerprint density at radius 2 is 1.94 bits per heavy atom. The van der Waals surface area contributed by atoms with Gasteiger partial charge in [-0.1, -0.05) is 0 Å². The number of piperidine rings is 1. The number of carbonyl (C=O) groups excluding carboxylic acids is 1. The Labute approximate surface area is 197 Å². The van der Waals surface area contributed by atoms with E-state index >= 15 is 0 Å². The first-order valence-corrected chi connectivity index (χ1v) is 11.6. The first kappa shape index (κ1) is 21.9. The van der Waals surface area contributed by atoms with Crippen molar-refractivity contribution in [2.24, 2.45) is 5.92 Å². The molecule has 3 aromatic heterocycles. The quantitative estimate of drug-likeness (QED) is 0.452. The van der Waals surface area contributed by atoms with E-state index in [0.29, 0.717) is 17.9 Å². The molecule has 9 heteroatoms. The van der Waals surface area contributed by atoms with Gasteiger partial charge in [-0.2, -0.15) is 4.52 Å². The first-order valence-electron chi connectivity index (χ1n) is 11.6. The first-order chi connectivity index (χ1) is 16.6. The van der Waals surface area contributed by atoms with Crippen LogP contribution in [0.25, 0.3) is 17.0 Å². The molecule has 1 atom stereocenters. The van der Waals surface area contributed by atoms with Gasteiger partial charge >= 0.3 is 0 Å². The molecule has 4 heterocycles. The van der Waals surface area contributed by atoms with Crippen LogP contribution in [0.3, 0.4) is 0 Å². The predicted molar refractivity (Wildman–Crippen MR) is 128 cm³/mol. The summed E-state index contributed by atoms with van der Waals surface area (Å²) in [4.78, 5) is 15.0. The summed E-state index contributed by atoms with van der Waals surface area (Å²) in [6, 6.07) is 15.4. The summed E-state index contributed by atoms with van der Waals surface area (Å²) >= 11 is 0. The van der Waals surface area contributed by atoms with Gasteiger partial charge in [-0.25, -0.2) is 0 Å². The summed E-state index contributed by atoms with van der Waals surface area (Å²) in [5.74, 6) is 3.32. The van der Waals surface area contributed by atoms with Crippen LogP contribution < -0.4 is 15.0 Å². The maximum Gasteiger partial charge on any atom is 0.223 e. The van der Waals surface area contributed by atoms with Crippen LogP contribution in [0, 0.1) is 5.92 Å². The molecule has 1 aromatic carbocycles. The van der Waals surface area contributed by atoms with Crippen molar-refractivity contribution in [1.29, 1.82) is 0 Å². The summed E-state index contributed by atoms with van der Waals surface area (Å²) in [6.45, 7) is 3.54. The van der Waals surface area contributed by atoms with Crippen molar-refractivity contribution in [2.75, 3.05) is 25.1 Å². The third kappa shape index (κ3) is 4.59. The lowest BCUT2D eigenvalue weighted by Crippen LogP contribution is -2.44. The second kappa shape index (κ2) is 9.54. The van der Waals surface area contributed by atoms with Gasteiger partial charge in [-0.3, -0.25) is 4.79 Å². The average molecular weight is 461 g/mol. The number of amides is 1. The fraction of sp³-hybridized carbons (Fsp3) is 0.360. The molecule has 0 saturated carbocycles. The van der Waals surface area contributed by atoms with E-state index in [-0.39, 0.29) is 17.9 Å². The van der Waals surface area contributed by atoms with Gasteiger partial charge in [0.05, 0.1) is 13.4 Å². The van der Waals surface area contributed by atoms with Gasteiger partial charge in [-0.05, 0) is 68.3 Å². The van der Waals surface area contributed by atoms with E-state index in [0.717, 1.165) is 48.8 Å². The summed E-state index contributed by atoms with van der Waals surface area (Å²) in [6.07, 6.45) is 3.92. The van der Waals surface area contributed by atoms with Crippen molar-refractivity contribution in [3.05, 3.63) is 60.6 Å². The highest BCUT2D eigenvalue weighted by Crippen LogP contribution is 2.25. The predicted octanol–water partition coefficient (Wildman–Crippen LogP) is 3.36. The van der Waals surface area contributed by atoms with Crippen LogP contribution in [-0.2, 0) is 11.2 Å². The fourth-order valence-electron chi connectivity index (χ4n) is 4.38. The van der Waals surface area contributed by atoms with E-state index in [1.165, 1.54) is 0 Å². The lowest BCUT2D eigenvalue weighted by molar-refractivity contribution is -0.126. The highest BCUT2D eigenvalue weighted by Gasteiger charge is 2.27. The van der Waals surface area contributed by atoms with E-state index in [1.54, 1.807) is 17.9 Å². The van der Waals surface area contributed by atoms with Gasteiger partial charge in [0.1, 0.15) is 17.3 Å². The molecule has 0 aliphatic carbocycles. The topological polar surface area (TPSA) is 97.8 Å². The Balaban J connectivity index is 1.23. The van der Waals surface area contributed by atoms with Gasteiger partial charge in [0.15, 0.2) is 11.5 Å². The smallest absolute Gasteiger partial charge is 0.223 e. The summed E-state index contributed by atoms with van der Waals surface area (Å²) in [7, 11) is 1.64. The number of hydrogen-bond donors (Lipinski definition) is 1. The van der Waals surface area contributed by atoms with E-state index in [4.69, 9.17) is 14.3 Å². The molecule has 5 rings (SSSR count). The minimum absolute atomic E-state index is 0.00352. The lowest BCUT2D eigenvalue weighted by Gasteiger charge is -2.32. The molecule has 1 N–H and O–H groups in total. The number of methoxy groups -OCH3 is 1. The Kier molecular flexibility index (Phi) is 6.16. The molecule has 1 amide bonds. The number of ether oxygens (including phenoxy) is 1. The molecule has 1 aliphatic heterocycles. The molecule has 4 aromatic rings. The van der Waals surface area contributed by atoms with E-state index in [2.05, 4.69) is 20.4 Å². The number of furan rings is 1. The number of aromatic nitrogens is 4. The third-order valence-electron chi connectivity index (χ3n) is 6.26. The molecule has 0 unspecified atom stereocenters.